The molecule has 0 spiro atoms. The standard InChI is InChI=1S/C11H15Cl2NO/c1-11(6-14,7-15-2)9-4-3-8(12)5-10(9)13/h3-5H,6-7,14H2,1-2H3. The largest absolute Gasteiger partial charge is 0.384 e. The molecule has 0 aliphatic rings. The molecule has 15 heavy (non-hydrogen) atoms. The van der Waals surface area contributed by atoms with E-state index >= 15 is 0 Å². The first-order valence-electron chi connectivity index (χ1n) is 4.68. The van der Waals surface area contributed by atoms with Crippen molar-refractivity contribution >= 4 is 23.2 Å². The summed E-state index contributed by atoms with van der Waals surface area (Å²) in [5, 5.41) is 1.26. The van der Waals surface area contributed by atoms with Gasteiger partial charge in [0, 0.05) is 29.1 Å². The van der Waals surface area contributed by atoms with Gasteiger partial charge in [-0.15, -0.1) is 0 Å². The summed E-state index contributed by atoms with van der Waals surface area (Å²) < 4.78 is 5.17. The Bertz CT molecular complexity index is 343. The van der Waals surface area contributed by atoms with E-state index in [1.54, 1.807) is 13.2 Å². The number of hydrogen-bond donors (Lipinski definition) is 1. The number of methoxy groups -OCH3 is 1. The summed E-state index contributed by atoms with van der Waals surface area (Å²) in [5.41, 5.74) is 6.46. The van der Waals surface area contributed by atoms with Gasteiger partial charge in [-0.2, -0.15) is 0 Å². The molecule has 0 fully saturated rings. The van der Waals surface area contributed by atoms with Crippen molar-refractivity contribution in [3.05, 3.63) is 33.8 Å². The molecule has 84 valence electrons. The van der Waals surface area contributed by atoms with Gasteiger partial charge in [-0.05, 0) is 17.7 Å². The Balaban J connectivity index is 3.12. The highest BCUT2D eigenvalue weighted by molar-refractivity contribution is 6.35. The summed E-state index contributed by atoms with van der Waals surface area (Å²) in [6, 6.07) is 5.44. The summed E-state index contributed by atoms with van der Waals surface area (Å²) in [7, 11) is 1.65. The quantitative estimate of drug-likeness (QED) is 0.889. The lowest BCUT2D eigenvalue weighted by atomic mass is 9.83. The molecule has 1 aromatic carbocycles. The van der Waals surface area contributed by atoms with E-state index in [9.17, 15) is 0 Å². The lowest BCUT2D eigenvalue weighted by Gasteiger charge is -2.28. The number of rotatable bonds is 4. The minimum absolute atomic E-state index is 0.267. The van der Waals surface area contributed by atoms with Crippen LogP contribution in [0.3, 0.4) is 0 Å². The Kier molecular flexibility index (Phi) is 4.41. The van der Waals surface area contributed by atoms with Crippen LogP contribution in [0, 0.1) is 0 Å². The summed E-state index contributed by atoms with van der Waals surface area (Å²) >= 11 is 12.0. The van der Waals surface area contributed by atoms with Crippen LogP contribution in [0.25, 0.3) is 0 Å². The van der Waals surface area contributed by atoms with Crippen LogP contribution in [0.5, 0.6) is 0 Å². The number of ether oxygens (including phenoxy) is 1. The Hall–Kier alpha value is -0.280. The van der Waals surface area contributed by atoms with Crippen molar-refractivity contribution in [2.75, 3.05) is 20.3 Å². The predicted molar refractivity (Wildman–Crippen MR) is 64.7 cm³/mol. The van der Waals surface area contributed by atoms with Crippen LogP contribution < -0.4 is 5.73 Å². The Morgan fingerprint density at radius 1 is 1.40 bits per heavy atom. The van der Waals surface area contributed by atoms with Gasteiger partial charge in [0.25, 0.3) is 0 Å². The molecular formula is C11H15Cl2NO. The van der Waals surface area contributed by atoms with Crippen LogP contribution in [0.1, 0.15) is 12.5 Å². The second kappa shape index (κ2) is 5.17. The third kappa shape index (κ3) is 2.85. The van der Waals surface area contributed by atoms with Crippen molar-refractivity contribution in [1.82, 2.24) is 0 Å². The SMILES string of the molecule is COCC(C)(CN)c1ccc(Cl)cc1Cl. The molecule has 1 rings (SSSR count). The lowest BCUT2D eigenvalue weighted by molar-refractivity contribution is 0.141. The summed E-state index contributed by atoms with van der Waals surface area (Å²) in [5.74, 6) is 0. The van der Waals surface area contributed by atoms with Gasteiger partial charge in [0.05, 0.1) is 6.61 Å². The zero-order chi connectivity index (χ0) is 11.5. The Morgan fingerprint density at radius 3 is 2.53 bits per heavy atom. The van der Waals surface area contributed by atoms with E-state index in [2.05, 4.69) is 0 Å². The average molecular weight is 248 g/mol. The smallest absolute Gasteiger partial charge is 0.0569 e. The molecule has 2 nitrogen and oxygen atoms in total. The number of nitrogens with two attached hydrogens (primary N) is 1. The fourth-order valence-corrected chi connectivity index (χ4v) is 2.18. The molecule has 0 aromatic heterocycles. The average Bonchev–Trinajstić information content (AvgIpc) is 2.17. The van der Waals surface area contributed by atoms with E-state index in [1.165, 1.54) is 0 Å². The van der Waals surface area contributed by atoms with Crippen molar-refractivity contribution in [2.24, 2.45) is 5.73 Å². The highest BCUT2D eigenvalue weighted by Gasteiger charge is 2.27. The first-order chi connectivity index (χ1) is 7.03. The molecule has 4 heteroatoms. The van der Waals surface area contributed by atoms with E-state index in [0.717, 1.165) is 5.56 Å². The normalized spacial score (nSPS) is 15.0. The minimum atomic E-state index is -0.267. The molecule has 0 saturated heterocycles. The molecule has 1 aromatic rings. The van der Waals surface area contributed by atoms with Crippen molar-refractivity contribution < 1.29 is 4.74 Å². The molecule has 2 N–H and O–H groups in total. The second-order valence-corrected chi connectivity index (χ2v) is 4.67. The molecule has 0 radical (unpaired) electrons. The topological polar surface area (TPSA) is 35.2 Å². The highest BCUT2D eigenvalue weighted by Crippen LogP contribution is 2.31. The summed E-state index contributed by atoms with van der Waals surface area (Å²) in [6.07, 6.45) is 0. The number of halogens is 2. The molecule has 0 bridgehead atoms. The van der Waals surface area contributed by atoms with E-state index in [1.807, 2.05) is 19.1 Å². The van der Waals surface area contributed by atoms with Crippen molar-refractivity contribution in [3.63, 3.8) is 0 Å². The van der Waals surface area contributed by atoms with E-state index < -0.39 is 0 Å². The molecule has 0 heterocycles. The van der Waals surface area contributed by atoms with Gasteiger partial charge in [0.2, 0.25) is 0 Å². The third-order valence-corrected chi connectivity index (χ3v) is 3.04. The van der Waals surface area contributed by atoms with E-state index in [0.29, 0.717) is 23.2 Å². The first kappa shape index (κ1) is 12.8. The minimum Gasteiger partial charge on any atom is -0.384 e. The Morgan fingerprint density at radius 2 is 2.07 bits per heavy atom. The van der Waals surface area contributed by atoms with Crippen molar-refractivity contribution in [3.8, 4) is 0 Å². The van der Waals surface area contributed by atoms with Crippen LogP contribution in [0.2, 0.25) is 10.0 Å². The van der Waals surface area contributed by atoms with Gasteiger partial charge >= 0.3 is 0 Å². The van der Waals surface area contributed by atoms with Crippen LogP contribution >= 0.6 is 23.2 Å². The van der Waals surface area contributed by atoms with Crippen LogP contribution in [0.15, 0.2) is 18.2 Å². The monoisotopic (exact) mass is 247 g/mol. The molecule has 1 atom stereocenters. The van der Waals surface area contributed by atoms with E-state index in [-0.39, 0.29) is 5.41 Å². The molecule has 1 unspecified atom stereocenters. The summed E-state index contributed by atoms with van der Waals surface area (Å²) in [6.45, 7) is 3.03. The van der Waals surface area contributed by atoms with Crippen molar-refractivity contribution in [2.45, 2.75) is 12.3 Å². The third-order valence-electron chi connectivity index (χ3n) is 2.49. The fourth-order valence-electron chi connectivity index (χ4n) is 1.54. The predicted octanol–water partition coefficient (Wildman–Crippen LogP) is 2.86. The Labute approximate surface area is 100 Å². The lowest BCUT2D eigenvalue weighted by Crippen LogP contribution is -2.36. The fraction of sp³-hybridized carbons (Fsp3) is 0.455. The maximum atomic E-state index is 6.13. The van der Waals surface area contributed by atoms with E-state index in [4.69, 9.17) is 33.7 Å². The number of hydrogen-bond acceptors (Lipinski definition) is 2. The molecule has 0 amide bonds. The zero-order valence-electron chi connectivity index (χ0n) is 8.89. The highest BCUT2D eigenvalue weighted by atomic mass is 35.5. The van der Waals surface area contributed by atoms with Crippen molar-refractivity contribution in [1.29, 1.82) is 0 Å². The van der Waals surface area contributed by atoms with Gasteiger partial charge in [-0.3, -0.25) is 0 Å². The second-order valence-electron chi connectivity index (χ2n) is 3.82. The maximum Gasteiger partial charge on any atom is 0.0569 e. The van der Waals surface area contributed by atoms with Gasteiger partial charge in [0.1, 0.15) is 0 Å². The molecule has 0 aliphatic heterocycles. The van der Waals surface area contributed by atoms with Gasteiger partial charge in [-0.25, -0.2) is 0 Å². The van der Waals surface area contributed by atoms with Crippen LogP contribution in [-0.4, -0.2) is 20.3 Å². The number of benzene rings is 1. The summed E-state index contributed by atoms with van der Waals surface area (Å²) in [4.78, 5) is 0. The maximum absolute atomic E-state index is 6.13. The molecular weight excluding hydrogens is 233 g/mol. The van der Waals surface area contributed by atoms with Gasteiger partial charge < -0.3 is 10.5 Å². The zero-order valence-corrected chi connectivity index (χ0v) is 10.4. The van der Waals surface area contributed by atoms with Crippen LogP contribution in [-0.2, 0) is 10.2 Å². The van der Waals surface area contributed by atoms with Crippen LogP contribution in [0.4, 0.5) is 0 Å². The van der Waals surface area contributed by atoms with Gasteiger partial charge in [0.15, 0.2) is 0 Å². The molecule has 0 aliphatic carbocycles. The van der Waals surface area contributed by atoms with Gasteiger partial charge in [-0.1, -0.05) is 36.2 Å². The first-order valence-corrected chi connectivity index (χ1v) is 5.43. The molecule has 0 saturated carbocycles.